The predicted octanol–water partition coefficient (Wildman–Crippen LogP) is 2.89. The van der Waals surface area contributed by atoms with Crippen LogP contribution in [0.15, 0.2) is 85.0 Å². The summed E-state index contributed by atoms with van der Waals surface area (Å²) in [6.07, 6.45) is 7.90. The maximum absolute atomic E-state index is 13.6. The Morgan fingerprint density at radius 3 is 1.64 bits per heavy atom. The Labute approximate surface area is 229 Å². The first-order chi connectivity index (χ1) is 18.8. The first kappa shape index (κ1) is 29.4. The summed E-state index contributed by atoms with van der Waals surface area (Å²) in [7, 11) is 1.27. The van der Waals surface area contributed by atoms with Crippen molar-refractivity contribution in [3.8, 4) is 0 Å². The number of benzene rings is 2. The van der Waals surface area contributed by atoms with Crippen LogP contribution in [0.25, 0.3) is 0 Å². The monoisotopic (exact) mass is 531 g/mol. The minimum atomic E-state index is -0.985. The zero-order chi connectivity index (χ0) is 28.2. The van der Waals surface area contributed by atoms with Gasteiger partial charge in [-0.05, 0) is 23.5 Å². The normalized spacial score (nSPS) is 14.9. The number of allylic oxidation sites excluding steroid dienone is 2. The molecule has 0 aliphatic heterocycles. The van der Waals surface area contributed by atoms with Crippen molar-refractivity contribution in [2.24, 2.45) is 11.8 Å². The summed E-state index contributed by atoms with van der Waals surface area (Å²) in [6.45, 7) is 3.88. The van der Waals surface area contributed by atoms with Crippen molar-refractivity contribution in [2.45, 2.75) is 51.2 Å². The van der Waals surface area contributed by atoms with Crippen molar-refractivity contribution in [3.05, 3.63) is 96.1 Å². The van der Waals surface area contributed by atoms with Crippen LogP contribution in [0.1, 0.15) is 31.4 Å². The van der Waals surface area contributed by atoms with Gasteiger partial charge in [-0.15, -0.1) is 0 Å². The molecular weight excluding hydrogens is 494 g/mol. The van der Waals surface area contributed by atoms with Gasteiger partial charge in [0.25, 0.3) is 0 Å². The van der Waals surface area contributed by atoms with Gasteiger partial charge in [0.05, 0.1) is 13.0 Å². The van der Waals surface area contributed by atoms with Gasteiger partial charge in [0.2, 0.25) is 17.7 Å². The van der Waals surface area contributed by atoms with Gasteiger partial charge < -0.3 is 20.7 Å². The highest BCUT2D eigenvalue weighted by Crippen LogP contribution is 2.12. The summed E-state index contributed by atoms with van der Waals surface area (Å²) < 4.78 is 4.89. The van der Waals surface area contributed by atoms with E-state index in [0.29, 0.717) is 6.42 Å². The Kier molecular flexibility index (Phi) is 11.0. The summed E-state index contributed by atoms with van der Waals surface area (Å²) >= 11 is 0. The van der Waals surface area contributed by atoms with Crippen LogP contribution >= 0.6 is 0 Å². The molecule has 0 heterocycles. The van der Waals surface area contributed by atoms with E-state index in [2.05, 4.69) is 16.0 Å². The molecule has 3 amide bonds. The standard InChI is InChI=1S/C31H37N3O5/c1-21(2)18-27(31(38)39-3)34-30(37)26(20-23-14-8-5-9-15-23)33-29(36)25(19-22-12-6-4-7-13-22)32-28(35)24-16-10-11-17-24/h4-17,21,24-27H,18-20H2,1-3H3,(H,32,35)(H,33,36)(H,34,37)/t25-,26-,27-/m0/s1. The van der Waals surface area contributed by atoms with Crippen molar-refractivity contribution in [2.75, 3.05) is 7.11 Å². The molecule has 0 saturated carbocycles. The Balaban J connectivity index is 1.83. The molecule has 1 aliphatic carbocycles. The molecule has 206 valence electrons. The fraction of sp³-hybridized carbons (Fsp3) is 0.355. The van der Waals surface area contributed by atoms with Gasteiger partial charge in [0.1, 0.15) is 18.1 Å². The van der Waals surface area contributed by atoms with Gasteiger partial charge in [-0.3, -0.25) is 14.4 Å². The lowest BCUT2D eigenvalue weighted by Gasteiger charge is -2.26. The van der Waals surface area contributed by atoms with Crippen LogP contribution in [0.4, 0.5) is 0 Å². The third kappa shape index (κ3) is 9.25. The van der Waals surface area contributed by atoms with E-state index in [1.165, 1.54) is 7.11 Å². The molecule has 0 saturated heterocycles. The van der Waals surface area contributed by atoms with Crippen LogP contribution in [0.2, 0.25) is 0 Å². The average Bonchev–Trinajstić information content (AvgIpc) is 3.48. The molecular formula is C31H37N3O5. The molecule has 3 atom stereocenters. The van der Waals surface area contributed by atoms with E-state index in [0.717, 1.165) is 11.1 Å². The Morgan fingerprint density at radius 2 is 1.18 bits per heavy atom. The van der Waals surface area contributed by atoms with Gasteiger partial charge in [-0.25, -0.2) is 4.79 Å². The highest BCUT2D eigenvalue weighted by molar-refractivity contribution is 5.94. The number of amides is 3. The van der Waals surface area contributed by atoms with Gasteiger partial charge in [0.15, 0.2) is 0 Å². The SMILES string of the molecule is COC(=O)[C@H](CC(C)C)NC(=O)[C@H](Cc1ccccc1)NC(=O)[C@H](Cc1ccccc1)NC(=O)C1C=CC=C1. The molecule has 8 nitrogen and oxygen atoms in total. The van der Waals surface area contributed by atoms with Crippen molar-refractivity contribution < 1.29 is 23.9 Å². The number of rotatable bonds is 13. The molecule has 39 heavy (non-hydrogen) atoms. The van der Waals surface area contributed by atoms with E-state index >= 15 is 0 Å². The number of methoxy groups -OCH3 is 1. The van der Waals surface area contributed by atoms with Gasteiger partial charge in [-0.1, -0.05) is 98.8 Å². The van der Waals surface area contributed by atoms with Crippen molar-refractivity contribution in [3.63, 3.8) is 0 Å². The number of carbonyl (C=O) groups is 4. The number of esters is 1. The van der Waals surface area contributed by atoms with E-state index in [-0.39, 0.29) is 24.7 Å². The first-order valence-corrected chi connectivity index (χ1v) is 13.2. The third-order valence-corrected chi connectivity index (χ3v) is 6.39. The minimum Gasteiger partial charge on any atom is -0.467 e. The molecule has 2 aromatic carbocycles. The van der Waals surface area contributed by atoms with Crippen LogP contribution in [-0.4, -0.2) is 48.9 Å². The second-order valence-corrected chi connectivity index (χ2v) is 10.0. The molecule has 0 unspecified atom stereocenters. The maximum Gasteiger partial charge on any atom is 0.328 e. The molecule has 0 fully saturated rings. The number of nitrogens with one attached hydrogen (secondary N) is 3. The highest BCUT2D eigenvalue weighted by atomic mass is 16.5. The summed E-state index contributed by atoms with van der Waals surface area (Å²) in [5.74, 6) is -2.18. The van der Waals surface area contributed by atoms with Gasteiger partial charge >= 0.3 is 5.97 Å². The number of ether oxygens (including phenoxy) is 1. The topological polar surface area (TPSA) is 114 Å². The number of carbonyl (C=O) groups excluding carboxylic acids is 4. The van der Waals surface area contributed by atoms with Crippen LogP contribution in [0, 0.1) is 11.8 Å². The van der Waals surface area contributed by atoms with Crippen LogP contribution in [-0.2, 0) is 36.8 Å². The molecule has 0 spiro atoms. The molecule has 8 heteroatoms. The van der Waals surface area contributed by atoms with E-state index in [4.69, 9.17) is 4.74 Å². The summed E-state index contributed by atoms with van der Waals surface area (Å²) in [5, 5.41) is 8.46. The fourth-order valence-corrected chi connectivity index (χ4v) is 4.37. The lowest BCUT2D eigenvalue weighted by Crippen LogP contribution is -2.57. The van der Waals surface area contributed by atoms with Crippen molar-refractivity contribution in [1.82, 2.24) is 16.0 Å². The smallest absolute Gasteiger partial charge is 0.328 e. The second-order valence-electron chi connectivity index (χ2n) is 10.0. The van der Waals surface area contributed by atoms with Crippen molar-refractivity contribution in [1.29, 1.82) is 0 Å². The molecule has 0 bridgehead atoms. The summed E-state index contributed by atoms with van der Waals surface area (Å²) in [6, 6.07) is 15.9. The van der Waals surface area contributed by atoms with E-state index in [1.54, 1.807) is 24.3 Å². The predicted molar refractivity (Wildman–Crippen MR) is 149 cm³/mol. The zero-order valence-electron chi connectivity index (χ0n) is 22.6. The van der Waals surface area contributed by atoms with Gasteiger partial charge in [-0.2, -0.15) is 0 Å². The summed E-state index contributed by atoms with van der Waals surface area (Å²) in [5.41, 5.74) is 1.70. The largest absolute Gasteiger partial charge is 0.467 e. The van der Waals surface area contributed by atoms with Crippen LogP contribution in [0.5, 0.6) is 0 Å². The number of hydrogen-bond donors (Lipinski definition) is 3. The number of hydrogen-bond acceptors (Lipinski definition) is 5. The highest BCUT2D eigenvalue weighted by Gasteiger charge is 2.31. The lowest BCUT2D eigenvalue weighted by molar-refractivity contribution is -0.146. The molecule has 1 aliphatic rings. The zero-order valence-corrected chi connectivity index (χ0v) is 22.6. The Morgan fingerprint density at radius 1 is 0.718 bits per heavy atom. The average molecular weight is 532 g/mol. The van der Waals surface area contributed by atoms with Crippen LogP contribution in [0.3, 0.4) is 0 Å². The van der Waals surface area contributed by atoms with E-state index in [9.17, 15) is 19.2 Å². The first-order valence-electron chi connectivity index (χ1n) is 13.2. The van der Waals surface area contributed by atoms with E-state index in [1.807, 2.05) is 74.5 Å². The van der Waals surface area contributed by atoms with Gasteiger partial charge in [0, 0.05) is 12.8 Å². The second kappa shape index (κ2) is 14.7. The Hall–Kier alpha value is -4.20. The summed E-state index contributed by atoms with van der Waals surface area (Å²) in [4.78, 5) is 52.3. The minimum absolute atomic E-state index is 0.126. The van der Waals surface area contributed by atoms with Crippen molar-refractivity contribution >= 4 is 23.7 Å². The van der Waals surface area contributed by atoms with Crippen LogP contribution < -0.4 is 16.0 Å². The lowest BCUT2D eigenvalue weighted by atomic mass is 10.0. The molecule has 3 rings (SSSR count). The molecule has 0 radical (unpaired) electrons. The maximum atomic E-state index is 13.6. The quantitative estimate of drug-likeness (QED) is 0.344. The molecule has 2 aromatic rings. The molecule has 0 aromatic heterocycles. The molecule has 3 N–H and O–H groups in total. The van der Waals surface area contributed by atoms with E-state index < -0.39 is 41.8 Å². The fourth-order valence-electron chi connectivity index (χ4n) is 4.37. The third-order valence-electron chi connectivity index (χ3n) is 6.39. The Bertz CT molecular complexity index is 1170.